The number of primary amides is 1. The summed E-state index contributed by atoms with van der Waals surface area (Å²) < 4.78 is 2.93. The molecule has 3 rings (SSSR count). The van der Waals surface area contributed by atoms with Gasteiger partial charge in [-0.25, -0.2) is 0 Å². The zero-order valence-electron chi connectivity index (χ0n) is 15.0. The maximum atomic E-state index is 12.3. The SMILES string of the molecule is C[C@@H](NC(=O)CSc1nnc(C2CC2)n1CCC(N)=O)c1ccc(Br)cc1. The van der Waals surface area contributed by atoms with Gasteiger partial charge in [0.1, 0.15) is 5.82 Å². The average Bonchev–Trinajstić information content (AvgIpc) is 3.39. The van der Waals surface area contributed by atoms with Gasteiger partial charge in [-0.15, -0.1) is 10.2 Å². The Morgan fingerprint density at radius 2 is 2.04 bits per heavy atom. The van der Waals surface area contributed by atoms with Crippen molar-refractivity contribution >= 4 is 39.5 Å². The van der Waals surface area contributed by atoms with Gasteiger partial charge in [-0.1, -0.05) is 39.8 Å². The van der Waals surface area contributed by atoms with Crippen molar-refractivity contribution in [2.24, 2.45) is 5.73 Å². The molecule has 1 aromatic heterocycles. The summed E-state index contributed by atoms with van der Waals surface area (Å²) in [6.45, 7) is 2.40. The molecule has 1 heterocycles. The number of nitrogens with two attached hydrogens (primary N) is 1. The van der Waals surface area contributed by atoms with Crippen molar-refractivity contribution in [2.45, 2.75) is 49.8 Å². The van der Waals surface area contributed by atoms with Gasteiger partial charge in [0, 0.05) is 23.4 Å². The van der Waals surface area contributed by atoms with Crippen molar-refractivity contribution in [3.63, 3.8) is 0 Å². The first kappa shape index (κ1) is 19.9. The standard InChI is InChI=1S/C18H22BrN5O2S/c1-11(12-4-6-14(19)7-5-12)21-16(26)10-27-18-23-22-17(13-2-3-13)24(18)9-8-15(20)25/h4-7,11,13H,2-3,8-10H2,1H3,(H2,20,25)(H,21,26)/t11-/m1/s1. The second-order valence-corrected chi connectivity index (χ2v) is 8.47. The monoisotopic (exact) mass is 451 g/mol. The summed E-state index contributed by atoms with van der Waals surface area (Å²) in [6.07, 6.45) is 2.41. The Balaban J connectivity index is 1.58. The number of thioether (sulfide) groups is 1. The van der Waals surface area contributed by atoms with Crippen molar-refractivity contribution < 1.29 is 9.59 Å². The summed E-state index contributed by atoms with van der Waals surface area (Å²) in [6, 6.07) is 7.77. The molecule has 0 aliphatic heterocycles. The molecular weight excluding hydrogens is 430 g/mol. The van der Waals surface area contributed by atoms with Crippen LogP contribution in [-0.4, -0.2) is 32.3 Å². The van der Waals surface area contributed by atoms with Crippen LogP contribution in [0, 0.1) is 0 Å². The van der Waals surface area contributed by atoms with Crippen LogP contribution in [0.15, 0.2) is 33.9 Å². The van der Waals surface area contributed by atoms with E-state index in [1.165, 1.54) is 11.8 Å². The number of nitrogens with one attached hydrogen (secondary N) is 1. The number of carbonyl (C=O) groups excluding carboxylic acids is 2. The predicted molar refractivity (Wildman–Crippen MR) is 107 cm³/mol. The van der Waals surface area contributed by atoms with Crippen LogP contribution in [-0.2, 0) is 16.1 Å². The van der Waals surface area contributed by atoms with Crippen LogP contribution in [0.2, 0.25) is 0 Å². The van der Waals surface area contributed by atoms with Crippen LogP contribution in [0.4, 0.5) is 0 Å². The number of carbonyl (C=O) groups is 2. The third-order valence-corrected chi connectivity index (χ3v) is 5.85. The van der Waals surface area contributed by atoms with Crippen molar-refractivity contribution in [3.05, 3.63) is 40.1 Å². The fourth-order valence-electron chi connectivity index (χ4n) is 2.73. The van der Waals surface area contributed by atoms with Crippen molar-refractivity contribution in [3.8, 4) is 0 Å². The molecule has 144 valence electrons. The molecule has 3 N–H and O–H groups in total. The van der Waals surface area contributed by atoms with Gasteiger partial charge in [-0.2, -0.15) is 0 Å². The highest BCUT2D eigenvalue weighted by molar-refractivity contribution is 9.10. The normalized spacial score (nSPS) is 14.7. The number of hydrogen-bond acceptors (Lipinski definition) is 5. The van der Waals surface area contributed by atoms with Gasteiger partial charge in [-0.05, 0) is 37.5 Å². The Labute approximate surface area is 170 Å². The summed E-state index contributed by atoms with van der Waals surface area (Å²) >= 11 is 4.74. The van der Waals surface area contributed by atoms with Crippen LogP contribution in [0.25, 0.3) is 0 Å². The van der Waals surface area contributed by atoms with Gasteiger partial charge in [0.2, 0.25) is 11.8 Å². The van der Waals surface area contributed by atoms with Gasteiger partial charge in [-0.3, -0.25) is 9.59 Å². The van der Waals surface area contributed by atoms with Gasteiger partial charge in [0.25, 0.3) is 0 Å². The van der Waals surface area contributed by atoms with E-state index in [1.54, 1.807) is 0 Å². The lowest BCUT2D eigenvalue weighted by Crippen LogP contribution is -2.28. The molecule has 1 atom stereocenters. The van der Waals surface area contributed by atoms with Gasteiger partial charge in [0.15, 0.2) is 5.16 Å². The Bertz CT molecular complexity index is 820. The number of rotatable bonds is 9. The van der Waals surface area contributed by atoms with E-state index < -0.39 is 0 Å². The van der Waals surface area contributed by atoms with Crippen molar-refractivity contribution in [1.82, 2.24) is 20.1 Å². The number of halogens is 1. The van der Waals surface area contributed by atoms with E-state index in [9.17, 15) is 9.59 Å². The van der Waals surface area contributed by atoms with Crippen LogP contribution in [0.5, 0.6) is 0 Å². The Morgan fingerprint density at radius 1 is 1.33 bits per heavy atom. The molecule has 1 saturated carbocycles. The molecule has 2 amide bonds. The Kier molecular flexibility index (Phi) is 6.54. The van der Waals surface area contributed by atoms with E-state index in [0.717, 1.165) is 28.7 Å². The summed E-state index contributed by atoms with van der Waals surface area (Å²) in [4.78, 5) is 23.5. The quantitative estimate of drug-likeness (QED) is 0.570. The molecule has 0 spiro atoms. The number of hydrogen-bond donors (Lipinski definition) is 2. The first-order valence-corrected chi connectivity index (χ1v) is 10.6. The van der Waals surface area contributed by atoms with Crippen LogP contribution in [0.1, 0.15) is 49.5 Å². The van der Waals surface area contributed by atoms with Gasteiger partial charge < -0.3 is 15.6 Å². The van der Waals surface area contributed by atoms with E-state index in [2.05, 4.69) is 31.4 Å². The van der Waals surface area contributed by atoms with E-state index in [1.807, 2.05) is 35.8 Å². The topological polar surface area (TPSA) is 103 Å². The van der Waals surface area contributed by atoms with Crippen molar-refractivity contribution in [1.29, 1.82) is 0 Å². The van der Waals surface area contributed by atoms with E-state index >= 15 is 0 Å². The second kappa shape index (κ2) is 8.88. The maximum absolute atomic E-state index is 12.3. The van der Waals surface area contributed by atoms with E-state index in [4.69, 9.17) is 5.73 Å². The zero-order valence-corrected chi connectivity index (χ0v) is 17.4. The van der Waals surface area contributed by atoms with E-state index in [-0.39, 0.29) is 30.0 Å². The summed E-state index contributed by atoms with van der Waals surface area (Å²) in [5.41, 5.74) is 6.31. The molecule has 9 heteroatoms. The largest absolute Gasteiger partial charge is 0.370 e. The molecule has 0 radical (unpaired) electrons. The summed E-state index contributed by atoms with van der Waals surface area (Å²) in [7, 11) is 0. The van der Waals surface area contributed by atoms with Gasteiger partial charge >= 0.3 is 0 Å². The highest BCUT2D eigenvalue weighted by atomic mass is 79.9. The minimum Gasteiger partial charge on any atom is -0.370 e. The number of amides is 2. The van der Waals surface area contributed by atoms with Gasteiger partial charge in [0.05, 0.1) is 11.8 Å². The molecule has 2 aromatic rings. The molecule has 0 bridgehead atoms. The Morgan fingerprint density at radius 3 is 2.67 bits per heavy atom. The first-order valence-electron chi connectivity index (χ1n) is 8.83. The summed E-state index contributed by atoms with van der Waals surface area (Å²) in [5, 5.41) is 12.1. The minimum absolute atomic E-state index is 0.0761. The van der Waals surface area contributed by atoms with Crippen LogP contribution >= 0.6 is 27.7 Å². The lowest BCUT2D eigenvalue weighted by molar-refractivity contribution is -0.119. The van der Waals surface area contributed by atoms with Crippen LogP contribution < -0.4 is 11.1 Å². The molecule has 1 aromatic carbocycles. The third-order valence-electron chi connectivity index (χ3n) is 4.35. The highest BCUT2D eigenvalue weighted by Crippen LogP contribution is 2.40. The van der Waals surface area contributed by atoms with Crippen LogP contribution in [0.3, 0.4) is 0 Å². The van der Waals surface area contributed by atoms with Crippen molar-refractivity contribution in [2.75, 3.05) is 5.75 Å². The average molecular weight is 452 g/mol. The number of aromatic nitrogens is 3. The third kappa shape index (κ3) is 5.55. The lowest BCUT2D eigenvalue weighted by atomic mass is 10.1. The van der Waals surface area contributed by atoms with E-state index in [0.29, 0.717) is 17.6 Å². The number of benzene rings is 1. The lowest BCUT2D eigenvalue weighted by Gasteiger charge is -2.14. The second-order valence-electron chi connectivity index (χ2n) is 6.61. The summed E-state index contributed by atoms with van der Waals surface area (Å²) in [5.74, 6) is 1.10. The zero-order chi connectivity index (χ0) is 19.4. The molecule has 1 fully saturated rings. The fraction of sp³-hybridized carbons (Fsp3) is 0.444. The molecule has 27 heavy (non-hydrogen) atoms. The molecule has 0 saturated heterocycles. The molecule has 0 unspecified atom stereocenters. The molecular formula is C18H22BrN5O2S. The Hall–Kier alpha value is -1.87. The fourth-order valence-corrected chi connectivity index (χ4v) is 3.78. The molecule has 1 aliphatic rings. The molecule has 1 aliphatic carbocycles. The predicted octanol–water partition coefficient (Wildman–Crippen LogP) is 2.76. The molecule has 7 nitrogen and oxygen atoms in total. The highest BCUT2D eigenvalue weighted by Gasteiger charge is 2.30. The maximum Gasteiger partial charge on any atom is 0.230 e. The number of nitrogens with zero attached hydrogens (tertiary/aromatic N) is 3. The first-order chi connectivity index (χ1) is 12.9. The minimum atomic E-state index is -0.359. The smallest absolute Gasteiger partial charge is 0.230 e.